The van der Waals surface area contributed by atoms with Crippen molar-refractivity contribution < 1.29 is 18.7 Å². The Morgan fingerprint density at radius 1 is 1.30 bits per heavy atom. The quantitative estimate of drug-likeness (QED) is 0.651. The molecular formula is C20H24ClFN2O3. The lowest BCUT2D eigenvalue weighted by atomic mass is 10.0. The van der Waals surface area contributed by atoms with Crippen molar-refractivity contribution in [3.05, 3.63) is 58.4 Å². The predicted molar refractivity (Wildman–Crippen MR) is 104 cm³/mol. The van der Waals surface area contributed by atoms with Crippen LogP contribution in [0.25, 0.3) is 0 Å². The summed E-state index contributed by atoms with van der Waals surface area (Å²) in [6.45, 7) is 5.89. The number of benzene rings is 2. The number of hydrogen-bond donors (Lipinski definition) is 2. The van der Waals surface area contributed by atoms with Crippen molar-refractivity contribution in [3.63, 3.8) is 0 Å². The van der Waals surface area contributed by atoms with E-state index >= 15 is 0 Å². The van der Waals surface area contributed by atoms with E-state index in [0.29, 0.717) is 29.8 Å². The lowest BCUT2D eigenvalue weighted by Crippen LogP contribution is -2.24. The van der Waals surface area contributed by atoms with Gasteiger partial charge in [0, 0.05) is 18.2 Å². The van der Waals surface area contributed by atoms with E-state index in [1.165, 1.54) is 0 Å². The smallest absolute Gasteiger partial charge is 0.407 e. The molecule has 146 valence electrons. The summed E-state index contributed by atoms with van der Waals surface area (Å²) in [7, 11) is 0. The van der Waals surface area contributed by atoms with Gasteiger partial charge in [0.05, 0.1) is 5.02 Å². The van der Waals surface area contributed by atoms with E-state index in [9.17, 15) is 9.18 Å². The van der Waals surface area contributed by atoms with Gasteiger partial charge in [-0.2, -0.15) is 0 Å². The number of nitrogens with one attached hydrogen (secondary N) is 1. The number of amides is 1. The summed E-state index contributed by atoms with van der Waals surface area (Å²) in [4.78, 5) is 11.6. The van der Waals surface area contributed by atoms with Gasteiger partial charge in [-0.25, -0.2) is 9.18 Å². The predicted octanol–water partition coefficient (Wildman–Crippen LogP) is 5.49. The SMILES string of the molecule is CCNC(=O)O[C@@H](C)c1cccc(Oc2c(Cl)ccc([C@@H](N)CC)c2F)c1. The molecule has 0 saturated carbocycles. The van der Waals surface area contributed by atoms with Crippen LogP contribution in [0.4, 0.5) is 9.18 Å². The van der Waals surface area contributed by atoms with Crippen LogP contribution in [-0.2, 0) is 4.74 Å². The highest BCUT2D eigenvalue weighted by molar-refractivity contribution is 6.32. The number of hydrogen-bond acceptors (Lipinski definition) is 4. The van der Waals surface area contributed by atoms with Gasteiger partial charge in [0.2, 0.25) is 0 Å². The molecule has 0 bridgehead atoms. The van der Waals surface area contributed by atoms with Crippen molar-refractivity contribution in [1.29, 1.82) is 0 Å². The molecule has 0 heterocycles. The maximum absolute atomic E-state index is 14.8. The van der Waals surface area contributed by atoms with Crippen LogP contribution in [0.1, 0.15) is 50.5 Å². The Balaban J connectivity index is 2.25. The molecule has 0 unspecified atom stereocenters. The molecule has 2 rings (SSSR count). The zero-order valence-corrected chi connectivity index (χ0v) is 16.3. The lowest BCUT2D eigenvalue weighted by molar-refractivity contribution is 0.107. The zero-order chi connectivity index (χ0) is 20.0. The standard InChI is InChI=1S/C20H24ClFN2O3/c1-4-17(23)15-9-10-16(21)19(18(15)22)27-14-8-6-7-13(11-14)12(3)26-20(25)24-5-2/h6-12,17H,4-5,23H2,1-3H3,(H,24,25)/t12-,17-/m0/s1. The average Bonchev–Trinajstić information content (AvgIpc) is 2.65. The summed E-state index contributed by atoms with van der Waals surface area (Å²) in [6, 6.07) is 9.55. The first kappa shape index (κ1) is 21.0. The van der Waals surface area contributed by atoms with E-state index in [2.05, 4.69) is 5.32 Å². The van der Waals surface area contributed by atoms with Crippen LogP contribution < -0.4 is 15.8 Å². The number of nitrogens with two attached hydrogens (primary N) is 1. The summed E-state index contributed by atoms with van der Waals surface area (Å²) in [5.74, 6) is -0.275. The minimum atomic E-state index is -0.575. The monoisotopic (exact) mass is 394 g/mol. The number of rotatable bonds is 7. The summed E-state index contributed by atoms with van der Waals surface area (Å²) < 4.78 is 25.8. The van der Waals surface area contributed by atoms with E-state index in [1.807, 2.05) is 6.92 Å². The maximum atomic E-state index is 14.8. The van der Waals surface area contributed by atoms with Crippen molar-refractivity contribution in [2.75, 3.05) is 6.54 Å². The molecule has 0 aliphatic heterocycles. The fraction of sp³-hybridized carbons (Fsp3) is 0.350. The Morgan fingerprint density at radius 2 is 2.04 bits per heavy atom. The molecule has 27 heavy (non-hydrogen) atoms. The maximum Gasteiger partial charge on any atom is 0.407 e. The highest BCUT2D eigenvalue weighted by Crippen LogP contribution is 2.36. The van der Waals surface area contributed by atoms with Crippen LogP contribution in [0.5, 0.6) is 11.5 Å². The third-order valence-electron chi connectivity index (χ3n) is 4.07. The molecule has 0 aliphatic rings. The third-order valence-corrected chi connectivity index (χ3v) is 4.37. The molecule has 2 atom stereocenters. The second-order valence-corrected chi connectivity index (χ2v) is 6.45. The molecule has 0 radical (unpaired) electrons. The highest BCUT2D eigenvalue weighted by Gasteiger charge is 2.19. The summed E-state index contributed by atoms with van der Waals surface area (Å²) in [6.07, 6.45) is -0.422. The fourth-order valence-corrected chi connectivity index (χ4v) is 2.70. The Morgan fingerprint density at radius 3 is 2.70 bits per heavy atom. The zero-order valence-electron chi connectivity index (χ0n) is 15.6. The van der Waals surface area contributed by atoms with Gasteiger partial charge in [0.25, 0.3) is 0 Å². The Labute approximate surface area is 163 Å². The Kier molecular flexibility index (Phi) is 7.45. The van der Waals surface area contributed by atoms with Crippen molar-refractivity contribution in [2.24, 2.45) is 5.73 Å². The van der Waals surface area contributed by atoms with Crippen LogP contribution in [-0.4, -0.2) is 12.6 Å². The molecule has 0 aromatic heterocycles. The lowest BCUT2D eigenvalue weighted by Gasteiger charge is -2.17. The van der Waals surface area contributed by atoms with E-state index < -0.39 is 24.1 Å². The average molecular weight is 395 g/mol. The molecule has 2 aromatic carbocycles. The number of carbonyl (C=O) groups is 1. The fourth-order valence-electron chi connectivity index (χ4n) is 2.51. The third kappa shape index (κ3) is 5.34. The van der Waals surface area contributed by atoms with Gasteiger partial charge in [0.1, 0.15) is 11.9 Å². The van der Waals surface area contributed by atoms with Gasteiger partial charge in [0.15, 0.2) is 11.6 Å². The van der Waals surface area contributed by atoms with Gasteiger partial charge < -0.3 is 20.5 Å². The molecule has 0 aliphatic carbocycles. The van der Waals surface area contributed by atoms with Crippen LogP contribution in [0.3, 0.4) is 0 Å². The molecule has 7 heteroatoms. The Bertz CT molecular complexity index is 801. The summed E-state index contributed by atoms with van der Waals surface area (Å²) in [5, 5.41) is 2.72. The minimum absolute atomic E-state index is 0.0764. The van der Waals surface area contributed by atoms with E-state index in [-0.39, 0.29) is 10.8 Å². The van der Waals surface area contributed by atoms with Crippen molar-refractivity contribution >= 4 is 17.7 Å². The van der Waals surface area contributed by atoms with Gasteiger partial charge in [-0.15, -0.1) is 0 Å². The summed E-state index contributed by atoms with van der Waals surface area (Å²) in [5.41, 5.74) is 7.00. The van der Waals surface area contributed by atoms with Crippen LogP contribution in [0.2, 0.25) is 5.02 Å². The van der Waals surface area contributed by atoms with Gasteiger partial charge in [-0.3, -0.25) is 0 Å². The van der Waals surface area contributed by atoms with E-state index in [4.69, 9.17) is 26.8 Å². The first-order valence-electron chi connectivity index (χ1n) is 8.83. The molecule has 0 spiro atoms. The van der Waals surface area contributed by atoms with Crippen LogP contribution in [0, 0.1) is 5.82 Å². The van der Waals surface area contributed by atoms with Crippen molar-refractivity contribution in [1.82, 2.24) is 5.32 Å². The summed E-state index contributed by atoms with van der Waals surface area (Å²) >= 11 is 6.12. The van der Waals surface area contributed by atoms with Crippen LogP contribution >= 0.6 is 11.6 Å². The normalized spacial score (nSPS) is 13.0. The molecule has 0 saturated heterocycles. The number of halogens is 2. The largest absolute Gasteiger partial charge is 0.453 e. The molecule has 0 fully saturated rings. The highest BCUT2D eigenvalue weighted by atomic mass is 35.5. The number of alkyl carbamates (subject to hydrolysis) is 1. The second-order valence-electron chi connectivity index (χ2n) is 6.05. The van der Waals surface area contributed by atoms with Crippen LogP contribution in [0.15, 0.2) is 36.4 Å². The van der Waals surface area contributed by atoms with Gasteiger partial charge in [-0.1, -0.05) is 36.7 Å². The van der Waals surface area contributed by atoms with Gasteiger partial charge >= 0.3 is 6.09 Å². The molecular weight excluding hydrogens is 371 g/mol. The molecule has 3 N–H and O–H groups in total. The first-order chi connectivity index (χ1) is 12.9. The minimum Gasteiger partial charge on any atom is -0.453 e. The first-order valence-corrected chi connectivity index (χ1v) is 9.20. The molecule has 2 aromatic rings. The molecule has 1 amide bonds. The number of ether oxygens (including phenoxy) is 2. The van der Waals surface area contributed by atoms with E-state index in [1.54, 1.807) is 50.2 Å². The van der Waals surface area contributed by atoms with Gasteiger partial charge in [-0.05, 0) is 44.0 Å². The molecule has 5 nitrogen and oxygen atoms in total. The second kappa shape index (κ2) is 9.58. The number of carbonyl (C=O) groups excluding carboxylic acids is 1. The topological polar surface area (TPSA) is 73.6 Å². The van der Waals surface area contributed by atoms with E-state index in [0.717, 1.165) is 0 Å². The van der Waals surface area contributed by atoms with Crippen molar-refractivity contribution in [2.45, 2.75) is 39.3 Å². The van der Waals surface area contributed by atoms with Crippen molar-refractivity contribution in [3.8, 4) is 11.5 Å². The Hall–Kier alpha value is -2.31.